The van der Waals surface area contributed by atoms with Gasteiger partial charge in [-0.1, -0.05) is 19.9 Å². The van der Waals surface area contributed by atoms with Crippen LogP contribution in [0.15, 0.2) is 45.7 Å². The number of rotatable bonds is 6. The molecular formula is C27H27FN2O6. The third kappa shape index (κ3) is 4.29. The lowest BCUT2D eigenvalue weighted by Crippen LogP contribution is -2.44. The van der Waals surface area contributed by atoms with Crippen LogP contribution in [0.3, 0.4) is 0 Å². The predicted molar refractivity (Wildman–Crippen MR) is 128 cm³/mol. The van der Waals surface area contributed by atoms with E-state index in [0.717, 1.165) is 5.56 Å². The van der Waals surface area contributed by atoms with Crippen LogP contribution in [-0.2, 0) is 34.3 Å². The first-order chi connectivity index (χ1) is 17.2. The Labute approximate surface area is 207 Å². The molecule has 0 saturated carbocycles. The van der Waals surface area contributed by atoms with Gasteiger partial charge in [0.2, 0.25) is 5.91 Å². The number of carbonyl (C=O) groups is 2. The van der Waals surface area contributed by atoms with Crippen molar-refractivity contribution in [3.8, 4) is 11.5 Å². The zero-order valence-corrected chi connectivity index (χ0v) is 20.4. The van der Waals surface area contributed by atoms with E-state index in [1.54, 1.807) is 25.3 Å². The standard InChI is InChI=1S/C27H27FN2O6/c1-27(2)14-35-22-10-15(8-20(28)25(22)27)9-21(31)26-19-5-4-17(34-3)11-16(19)6-7-30(26)24(33)13-18-12-23(32)29-36-18/h4-5,8,10-12,26H,6-7,9,13-14H2,1-3H3,(H,29,32)/t26-/m1/s1. The Morgan fingerprint density at radius 3 is 2.72 bits per heavy atom. The summed E-state index contributed by atoms with van der Waals surface area (Å²) in [6.07, 6.45) is 0.299. The molecule has 5 rings (SSSR count). The number of Topliss-reactive ketones (excluding diaryl/α,β-unsaturated/α-hetero) is 1. The molecule has 0 radical (unpaired) electrons. The number of amides is 1. The summed E-state index contributed by atoms with van der Waals surface area (Å²) in [6, 6.07) is 8.85. The molecule has 188 valence electrons. The molecule has 0 spiro atoms. The molecule has 3 aromatic rings. The number of hydrogen-bond donors (Lipinski definition) is 1. The summed E-state index contributed by atoms with van der Waals surface area (Å²) >= 11 is 0. The van der Waals surface area contributed by atoms with Gasteiger partial charge in [0.15, 0.2) is 5.78 Å². The molecule has 0 aliphatic carbocycles. The second kappa shape index (κ2) is 8.96. The number of methoxy groups -OCH3 is 1. The quantitative estimate of drug-likeness (QED) is 0.565. The zero-order valence-electron chi connectivity index (χ0n) is 20.4. The number of aromatic nitrogens is 1. The number of nitrogens with one attached hydrogen (secondary N) is 1. The molecule has 9 heteroatoms. The molecule has 1 N–H and O–H groups in total. The fourth-order valence-electron chi connectivity index (χ4n) is 5.14. The number of ketones is 1. The second-order valence-electron chi connectivity index (χ2n) is 9.93. The van der Waals surface area contributed by atoms with Gasteiger partial charge in [0.1, 0.15) is 29.1 Å². The third-order valence-corrected chi connectivity index (χ3v) is 6.86. The fourth-order valence-corrected chi connectivity index (χ4v) is 5.14. The van der Waals surface area contributed by atoms with Gasteiger partial charge in [-0.25, -0.2) is 4.39 Å². The summed E-state index contributed by atoms with van der Waals surface area (Å²) in [6.45, 7) is 4.50. The highest BCUT2D eigenvalue weighted by molar-refractivity contribution is 5.92. The van der Waals surface area contributed by atoms with Crippen LogP contribution in [0.4, 0.5) is 4.39 Å². The molecule has 36 heavy (non-hydrogen) atoms. The zero-order chi connectivity index (χ0) is 25.6. The van der Waals surface area contributed by atoms with Gasteiger partial charge in [0, 0.05) is 30.0 Å². The minimum Gasteiger partial charge on any atom is -0.497 e. The molecule has 0 unspecified atom stereocenters. The molecule has 0 fully saturated rings. The molecule has 2 aliphatic rings. The maximum atomic E-state index is 15.0. The molecule has 2 aromatic carbocycles. The van der Waals surface area contributed by atoms with E-state index in [1.165, 1.54) is 17.0 Å². The summed E-state index contributed by atoms with van der Waals surface area (Å²) < 4.78 is 31.1. The van der Waals surface area contributed by atoms with Crippen molar-refractivity contribution in [2.24, 2.45) is 0 Å². The molecule has 1 aromatic heterocycles. The van der Waals surface area contributed by atoms with Crippen molar-refractivity contribution < 1.29 is 28.0 Å². The highest BCUT2D eigenvalue weighted by Gasteiger charge is 2.38. The number of H-pyrrole nitrogens is 1. The van der Waals surface area contributed by atoms with Gasteiger partial charge in [-0.2, -0.15) is 5.16 Å². The summed E-state index contributed by atoms with van der Waals surface area (Å²) in [4.78, 5) is 39.9. The van der Waals surface area contributed by atoms with E-state index < -0.39 is 22.8 Å². The number of benzene rings is 2. The maximum absolute atomic E-state index is 15.0. The number of carbonyl (C=O) groups excluding carboxylic acids is 2. The number of hydrogen-bond acceptors (Lipinski definition) is 6. The van der Waals surface area contributed by atoms with Crippen LogP contribution in [-0.4, -0.2) is 42.0 Å². The number of halogens is 1. The molecule has 1 atom stereocenters. The summed E-state index contributed by atoms with van der Waals surface area (Å²) in [5.74, 6) is 0.310. The van der Waals surface area contributed by atoms with Gasteiger partial charge < -0.3 is 18.9 Å². The van der Waals surface area contributed by atoms with Gasteiger partial charge >= 0.3 is 0 Å². The van der Waals surface area contributed by atoms with E-state index in [9.17, 15) is 14.4 Å². The summed E-state index contributed by atoms with van der Waals surface area (Å²) in [5.41, 5.74) is 1.73. The normalized spacial score (nSPS) is 17.8. The Bertz CT molecular complexity index is 1410. The minimum atomic E-state index is -0.869. The number of aromatic amines is 1. The first-order valence-corrected chi connectivity index (χ1v) is 11.8. The highest BCUT2D eigenvalue weighted by Crippen LogP contribution is 2.41. The monoisotopic (exact) mass is 494 g/mol. The lowest BCUT2D eigenvalue weighted by atomic mass is 9.85. The van der Waals surface area contributed by atoms with Crippen molar-refractivity contribution in [1.82, 2.24) is 10.1 Å². The van der Waals surface area contributed by atoms with Crippen LogP contribution < -0.4 is 15.0 Å². The van der Waals surface area contributed by atoms with Gasteiger partial charge in [-0.15, -0.1) is 0 Å². The SMILES string of the molecule is COc1ccc2c(c1)CCN(C(=O)Cc1cc(=O)[nH]o1)[C@H]2C(=O)Cc1cc(F)c2c(c1)OCC2(C)C. The Hall–Kier alpha value is -3.88. The lowest BCUT2D eigenvalue weighted by Gasteiger charge is -2.36. The van der Waals surface area contributed by atoms with Crippen molar-refractivity contribution in [1.29, 1.82) is 0 Å². The number of ether oxygens (including phenoxy) is 2. The van der Waals surface area contributed by atoms with Gasteiger partial charge in [-0.05, 0) is 47.4 Å². The van der Waals surface area contributed by atoms with Gasteiger partial charge in [0.05, 0.1) is 20.1 Å². The summed E-state index contributed by atoms with van der Waals surface area (Å²) in [5, 5.41) is 2.17. The molecule has 0 saturated heterocycles. The average molecular weight is 495 g/mol. The first-order valence-electron chi connectivity index (χ1n) is 11.8. The van der Waals surface area contributed by atoms with E-state index >= 15 is 4.39 Å². The van der Waals surface area contributed by atoms with Crippen LogP contribution in [0.25, 0.3) is 0 Å². The summed E-state index contributed by atoms with van der Waals surface area (Å²) in [7, 11) is 1.57. The minimum absolute atomic E-state index is 0.0762. The van der Waals surface area contributed by atoms with E-state index in [-0.39, 0.29) is 30.3 Å². The van der Waals surface area contributed by atoms with Crippen LogP contribution in [0, 0.1) is 5.82 Å². The van der Waals surface area contributed by atoms with E-state index in [0.29, 0.717) is 47.8 Å². The lowest BCUT2D eigenvalue weighted by molar-refractivity contribution is -0.140. The van der Waals surface area contributed by atoms with Crippen LogP contribution in [0.5, 0.6) is 11.5 Å². The first kappa shape index (κ1) is 23.8. The molecular weight excluding hydrogens is 467 g/mol. The topological polar surface area (TPSA) is 102 Å². The largest absolute Gasteiger partial charge is 0.497 e. The Morgan fingerprint density at radius 1 is 1.19 bits per heavy atom. The van der Waals surface area contributed by atoms with Crippen LogP contribution in [0.1, 0.15) is 47.9 Å². The van der Waals surface area contributed by atoms with E-state index in [4.69, 9.17) is 14.0 Å². The number of fused-ring (bicyclic) bond motifs is 2. The van der Waals surface area contributed by atoms with Crippen LogP contribution >= 0.6 is 0 Å². The smallest absolute Gasteiger partial charge is 0.280 e. The fraction of sp³-hybridized carbons (Fsp3) is 0.370. The Morgan fingerprint density at radius 2 is 2.00 bits per heavy atom. The molecule has 1 amide bonds. The van der Waals surface area contributed by atoms with E-state index in [1.807, 2.05) is 19.9 Å². The van der Waals surface area contributed by atoms with Crippen molar-refractivity contribution in [3.63, 3.8) is 0 Å². The molecule has 3 heterocycles. The third-order valence-electron chi connectivity index (χ3n) is 6.86. The molecule has 0 bridgehead atoms. The second-order valence-corrected chi connectivity index (χ2v) is 9.93. The van der Waals surface area contributed by atoms with E-state index in [2.05, 4.69) is 5.16 Å². The highest BCUT2D eigenvalue weighted by atomic mass is 19.1. The molecule has 2 aliphatic heterocycles. The predicted octanol–water partition coefficient (Wildman–Crippen LogP) is 3.27. The van der Waals surface area contributed by atoms with Crippen molar-refractivity contribution in [2.45, 2.75) is 44.6 Å². The number of nitrogens with zero attached hydrogens (tertiary/aromatic N) is 1. The van der Waals surface area contributed by atoms with Gasteiger partial charge in [0.25, 0.3) is 5.56 Å². The van der Waals surface area contributed by atoms with Gasteiger partial charge in [-0.3, -0.25) is 14.4 Å². The van der Waals surface area contributed by atoms with Crippen molar-refractivity contribution in [3.05, 3.63) is 80.6 Å². The Kier molecular flexibility index (Phi) is 5.94. The van der Waals surface area contributed by atoms with Crippen molar-refractivity contribution >= 4 is 11.7 Å². The van der Waals surface area contributed by atoms with Crippen molar-refractivity contribution in [2.75, 3.05) is 20.3 Å². The van der Waals surface area contributed by atoms with Crippen LogP contribution in [0.2, 0.25) is 0 Å². The maximum Gasteiger partial charge on any atom is 0.280 e. The molecule has 8 nitrogen and oxygen atoms in total. The average Bonchev–Trinajstić information content (AvgIpc) is 3.39. The Balaban J connectivity index is 1.47.